The topological polar surface area (TPSA) is 40.9 Å². The van der Waals surface area contributed by atoms with Crippen LogP contribution in [0, 0.1) is 16.7 Å². The largest absolute Gasteiger partial charge is 0.299 e. The van der Waals surface area contributed by atoms with Crippen LogP contribution in [0.2, 0.25) is 0 Å². The van der Waals surface area contributed by atoms with E-state index >= 15 is 0 Å². The zero-order valence-electron chi connectivity index (χ0n) is 10.2. The molecule has 1 aliphatic carbocycles. The van der Waals surface area contributed by atoms with E-state index < -0.39 is 0 Å². The maximum atomic E-state index is 11.7. The molecular formula is C15H15NO. The summed E-state index contributed by atoms with van der Waals surface area (Å²) in [6, 6.07) is 9.71. The fraction of sp³-hybridized carbons (Fsp3) is 0.333. The van der Waals surface area contributed by atoms with Crippen LogP contribution in [-0.2, 0) is 4.79 Å². The molecule has 0 radical (unpaired) electrons. The number of hydrogen-bond acceptors (Lipinski definition) is 2. The number of benzene rings is 1. The number of allylic oxidation sites excluding steroid dienone is 2. The van der Waals surface area contributed by atoms with E-state index in [4.69, 9.17) is 5.26 Å². The minimum absolute atomic E-state index is 0.290. The molecule has 86 valence electrons. The van der Waals surface area contributed by atoms with Gasteiger partial charge in [-0.25, -0.2) is 0 Å². The molecular weight excluding hydrogens is 210 g/mol. The summed E-state index contributed by atoms with van der Waals surface area (Å²) in [4.78, 5) is 11.7. The van der Waals surface area contributed by atoms with Crippen LogP contribution >= 0.6 is 0 Å². The molecule has 2 nitrogen and oxygen atoms in total. The van der Waals surface area contributed by atoms with Crippen LogP contribution in [0.25, 0.3) is 5.57 Å². The molecule has 1 aliphatic rings. The highest BCUT2D eigenvalue weighted by molar-refractivity contribution is 5.92. The van der Waals surface area contributed by atoms with Crippen molar-refractivity contribution >= 4 is 11.4 Å². The Morgan fingerprint density at radius 3 is 2.71 bits per heavy atom. The number of nitriles is 1. The van der Waals surface area contributed by atoms with Crippen molar-refractivity contribution in [3.8, 4) is 6.07 Å². The monoisotopic (exact) mass is 225 g/mol. The predicted octanol–water partition coefficient (Wildman–Crippen LogP) is 3.33. The van der Waals surface area contributed by atoms with E-state index in [0.29, 0.717) is 12.0 Å². The fourth-order valence-electron chi connectivity index (χ4n) is 2.17. The molecule has 0 aliphatic heterocycles. The van der Waals surface area contributed by atoms with Crippen molar-refractivity contribution in [1.29, 1.82) is 5.26 Å². The van der Waals surface area contributed by atoms with Gasteiger partial charge < -0.3 is 0 Å². The van der Waals surface area contributed by atoms with Crippen molar-refractivity contribution in [3.63, 3.8) is 0 Å². The van der Waals surface area contributed by atoms with Crippen molar-refractivity contribution in [2.75, 3.05) is 0 Å². The summed E-state index contributed by atoms with van der Waals surface area (Å²) in [5.41, 5.74) is 2.52. The van der Waals surface area contributed by atoms with Gasteiger partial charge >= 0.3 is 0 Å². The van der Waals surface area contributed by atoms with Crippen LogP contribution in [-0.4, -0.2) is 5.78 Å². The lowest BCUT2D eigenvalue weighted by Gasteiger charge is -2.26. The third-order valence-corrected chi connectivity index (χ3v) is 3.24. The zero-order valence-corrected chi connectivity index (χ0v) is 10.2. The summed E-state index contributed by atoms with van der Waals surface area (Å²) in [6.07, 6.45) is 3.40. The van der Waals surface area contributed by atoms with Crippen LogP contribution in [0.15, 0.2) is 30.3 Å². The maximum Gasteiger partial charge on any atom is 0.142 e. The normalized spacial score (nSPS) is 18.4. The maximum absolute atomic E-state index is 11.7. The molecule has 0 aromatic heterocycles. The summed E-state index contributed by atoms with van der Waals surface area (Å²) >= 11 is 0. The minimum Gasteiger partial charge on any atom is -0.299 e. The van der Waals surface area contributed by atoms with Crippen molar-refractivity contribution in [2.45, 2.75) is 26.7 Å². The molecule has 0 heterocycles. The molecule has 0 atom stereocenters. The summed E-state index contributed by atoms with van der Waals surface area (Å²) in [5, 5.41) is 8.88. The minimum atomic E-state index is -0.379. The van der Waals surface area contributed by atoms with Crippen LogP contribution < -0.4 is 0 Å². The Morgan fingerprint density at radius 2 is 2.06 bits per heavy atom. The Labute approximate surface area is 102 Å². The van der Waals surface area contributed by atoms with Gasteiger partial charge in [-0.05, 0) is 43.5 Å². The fourth-order valence-corrected chi connectivity index (χ4v) is 2.17. The molecule has 0 spiro atoms. The first-order valence-electron chi connectivity index (χ1n) is 5.78. The summed E-state index contributed by atoms with van der Waals surface area (Å²) in [5.74, 6) is 0.290. The molecule has 0 unspecified atom stereocenters. The summed E-state index contributed by atoms with van der Waals surface area (Å²) in [7, 11) is 0. The van der Waals surface area contributed by atoms with E-state index in [1.807, 2.05) is 38.1 Å². The second-order valence-electron chi connectivity index (χ2n) is 5.01. The number of carbonyl (C=O) groups is 1. The number of nitrogens with zero attached hydrogens (tertiary/aromatic N) is 1. The molecule has 0 amide bonds. The Hall–Kier alpha value is -1.88. The van der Waals surface area contributed by atoms with Crippen molar-refractivity contribution in [1.82, 2.24) is 0 Å². The van der Waals surface area contributed by atoms with Gasteiger partial charge in [0.15, 0.2) is 0 Å². The van der Waals surface area contributed by atoms with Gasteiger partial charge in [-0.15, -0.1) is 0 Å². The number of rotatable bonds is 1. The highest BCUT2D eigenvalue weighted by Crippen LogP contribution is 2.35. The van der Waals surface area contributed by atoms with E-state index in [1.54, 1.807) is 6.07 Å². The number of ketones is 1. The molecule has 0 N–H and O–H groups in total. The second kappa shape index (κ2) is 4.18. The van der Waals surface area contributed by atoms with Gasteiger partial charge in [0.25, 0.3) is 0 Å². The van der Waals surface area contributed by atoms with E-state index in [0.717, 1.165) is 12.0 Å². The first-order valence-corrected chi connectivity index (χ1v) is 5.78. The van der Waals surface area contributed by atoms with E-state index in [9.17, 15) is 4.79 Å². The van der Waals surface area contributed by atoms with Gasteiger partial charge in [0, 0.05) is 11.8 Å². The Kier molecular flexibility index (Phi) is 2.85. The summed E-state index contributed by atoms with van der Waals surface area (Å²) < 4.78 is 0. The molecule has 1 aromatic rings. The molecule has 2 heteroatoms. The SMILES string of the molecule is CC1(C)C=C(c2cccc(C#N)c2)CCC1=O. The highest BCUT2D eigenvalue weighted by atomic mass is 16.1. The Balaban J connectivity index is 2.41. The average molecular weight is 225 g/mol. The van der Waals surface area contributed by atoms with Gasteiger partial charge in [0.2, 0.25) is 0 Å². The van der Waals surface area contributed by atoms with Gasteiger partial charge in [-0.1, -0.05) is 18.2 Å². The molecule has 17 heavy (non-hydrogen) atoms. The van der Waals surface area contributed by atoms with Crippen LogP contribution in [0.5, 0.6) is 0 Å². The van der Waals surface area contributed by atoms with Crippen molar-refractivity contribution in [2.24, 2.45) is 5.41 Å². The van der Waals surface area contributed by atoms with Crippen LogP contribution in [0.3, 0.4) is 0 Å². The molecule has 0 bridgehead atoms. The van der Waals surface area contributed by atoms with Crippen molar-refractivity contribution in [3.05, 3.63) is 41.5 Å². The molecule has 0 saturated carbocycles. The smallest absolute Gasteiger partial charge is 0.142 e. The Bertz CT molecular complexity index is 532. The molecule has 0 saturated heterocycles. The third-order valence-electron chi connectivity index (χ3n) is 3.24. The zero-order chi connectivity index (χ0) is 12.5. The first kappa shape index (κ1) is 11.6. The van der Waals surface area contributed by atoms with Crippen LogP contribution in [0.4, 0.5) is 0 Å². The number of hydrogen-bond donors (Lipinski definition) is 0. The molecule has 0 fully saturated rings. The van der Waals surface area contributed by atoms with E-state index in [2.05, 4.69) is 6.07 Å². The number of Topliss-reactive ketones (excluding diaryl/α,β-unsaturated/α-hetero) is 1. The second-order valence-corrected chi connectivity index (χ2v) is 5.01. The van der Waals surface area contributed by atoms with Crippen LogP contribution in [0.1, 0.15) is 37.8 Å². The summed E-state index contributed by atoms with van der Waals surface area (Å²) in [6.45, 7) is 3.89. The van der Waals surface area contributed by atoms with Gasteiger partial charge in [-0.3, -0.25) is 4.79 Å². The van der Waals surface area contributed by atoms with Gasteiger partial charge in [0.05, 0.1) is 11.6 Å². The average Bonchev–Trinajstić information content (AvgIpc) is 2.32. The lowest BCUT2D eigenvalue weighted by molar-refractivity contribution is -0.125. The number of carbonyl (C=O) groups excluding carboxylic acids is 1. The Morgan fingerprint density at radius 1 is 1.29 bits per heavy atom. The van der Waals surface area contributed by atoms with Crippen molar-refractivity contribution < 1.29 is 4.79 Å². The van der Waals surface area contributed by atoms with Gasteiger partial charge in [0.1, 0.15) is 5.78 Å². The highest BCUT2D eigenvalue weighted by Gasteiger charge is 2.29. The van der Waals surface area contributed by atoms with Gasteiger partial charge in [-0.2, -0.15) is 5.26 Å². The third kappa shape index (κ3) is 2.29. The molecule has 2 rings (SSSR count). The quantitative estimate of drug-likeness (QED) is 0.735. The standard InChI is InChI=1S/C15H15NO/c1-15(2)9-13(6-7-14(15)17)12-5-3-4-11(8-12)10-16/h3-5,8-9H,6-7H2,1-2H3. The predicted molar refractivity (Wildman–Crippen MR) is 67.2 cm³/mol. The first-order chi connectivity index (χ1) is 8.03. The van der Waals surface area contributed by atoms with E-state index in [-0.39, 0.29) is 11.2 Å². The lowest BCUT2D eigenvalue weighted by Crippen LogP contribution is -2.25. The van der Waals surface area contributed by atoms with E-state index in [1.165, 1.54) is 5.57 Å². The lowest BCUT2D eigenvalue weighted by atomic mass is 9.77. The molecule has 1 aromatic carbocycles.